The molecular weight excluding hydrogens is 1600 g/mol. The van der Waals surface area contributed by atoms with Crippen molar-refractivity contribution in [3.63, 3.8) is 0 Å². The van der Waals surface area contributed by atoms with Crippen molar-refractivity contribution in [1.82, 2.24) is 29.9 Å². The first-order chi connectivity index (χ1) is 51.8. The van der Waals surface area contributed by atoms with Crippen LogP contribution in [0, 0.1) is 29.5 Å². The van der Waals surface area contributed by atoms with Crippen molar-refractivity contribution in [2.75, 3.05) is 49.0 Å². The molecule has 0 amide bonds. The average Bonchev–Trinajstić information content (AvgIpc) is 1.66. The second-order valence-electron chi connectivity index (χ2n) is 26.4. The molecule has 1 unspecified atom stereocenters. The molecule has 3 fully saturated rings. The van der Waals surface area contributed by atoms with Crippen LogP contribution in [0.15, 0.2) is 127 Å². The predicted octanol–water partition coefficient (Wildman–Crippen LogP) is 8.34. The molecular formula is C70H74Cl3FN12O17S6. The first-order valence-electron chi connectivity index (χ1n) is 33.7. The number of thiophene rings is 3. The third-order valence-corrected chi connectivity index (χ3v) is 24.0. The molecule has 9 aromatic rings. The van der Waals surface area contributed by atoms with Crippen LogP contribution in [0.25, 0.3) is 0 Å². The number of hydrogen-bond acceptors (Lipinski definition) is 29. The van der Waals surface area contributed by atoms with E-state index in [1.165, 1.54) is 85.1 Å². The highest BCUT2D eigenvalue weighted by Crippen LogP contribution is 2.41. The predicted molar refractivity (Wildman–Crippen MR) is 407 cm³/mol. The van der Waals surface area contributed by atoms with Crippen LogP contribution in [0.5, 0.6) is 5.75 Å². The first-order valence-corrected chi connectivity index (χ1v) is 41.8. The van der Waals surface area contributed by atoms with Gasteiger partial charge in [0.2, 0.25) is 17.3 Å². The van der Waals surface area contributed by atoms with Crippen molar-refractivity contribution in [2.24, 2.45) is 39.1 Å². The smallest absolute Gasteiger partial charge is 0.333 e. The third kappa shape index (κ3) is 22.0. The minimum absolute atomic E-state index is 0.0229. The van der Waals surface area contributed by atoms with Crippen LogP contribution in [-0.4, -0.2) is 157 Å². The van der Waals surface area contributed by atoms with Crippen LogP contribution in [0.2, 0.25) is 14.4 Å². The second-order valence-corrected chi connectivity index (χ2v) is 34.4. The number of para-hydroxylation sites is 1. The van der Waals surface area contributed by atoms with E-state index in [1.54, 1.807) is 47.8 Å². The van der Waals surface area contributed by atoms with Gasteiger partial charge in [0.15, 0.2) is 0 Å². The van der Waals surface area contributed by atoms with Gasteiger partial charge in [0.1, 0.15) is 48.3 Å². The van der Waals surface area contributed by atoms with E-state index in [9.17, 15) is 64.5 Å². The quantitative estimate of drug-likeness (QED) is 0.0208. The number of methoxy groups -OCH3 is 1. The summed E-state index contributed by atoms with van der Waals surface area (Å²) in [5.41, 5.74) is 6.93. The van der Waals surface area contributed by atoms with E-state index in [4.69, 9.17) is 55.0 Å². The first kappa shape index (κ1) is 82.4. The Morgan fingerprint density at radius 1 is 0.633 bits per heavy atom. The number of hydrogen-bond donors (Lipinski definition) is 9. The topological polar surface area (TPSA) is 454 Å². The van der Waals surface area contributed by atoms with Gasteiger partial charge in [-0.3, -0.25) is 26.9 Å². The highest BCUT2D eigenvalue weighted by molar-refractivity contribution is 7.84. The standard InChI is InChI=1S/C24H26ClN5O5S2.C23H23ClFN3O5S2.C23H25ClN4O7S2/c25-17-2-1-15-3-4-30(20(15)7-17)10-14-5-22(36-12-14)23(32)19-9-27-13-28-24(19)29-18-6-16(21(31)8-18)11-35-37(26,33)34;24-18-3-1-2-15(22(18)25)5-14-8-21(34-11-14)23(30)17-9-27-12-28-19(17)6-13-4-16(20(29)7-13)10-33-35(26,31)32;1-34-18-5-3-2-4-14(18)20(30)15-8-19(36-22(15)24)21(31)16-9-26-11-27-23(16)28-13-6-12(17(29)7-13)10-35-37(25,32)33/h1-2,5,7,9,12-13,16,18,21,31H,3-4,6,8,10-11H2,(H2,26,33,34)(H,27,28,29);1-3,8-9,11-13,16,20,29H,4-7,10H2,(H2,26,31,32);2-5,8-9,11-13,17,20,29-30H,6-7,10H2,1H3,(H2,25,32,33)(H,26,27,28)/t16-,18-,21+;13-,16+,20-;12-,13-,17+,20?/m101/s1. The molecule has 0 saturated heterocycles. The summed E-state index contributed by atoms with van der Waals surface area (Å²) in [5, 5.41) is 67.4. The lowest BCUT2D eigenvalue weighted by Gasteiger charge is -2.18. The molecule has 3 aliphatic carbocycles. The van der Waals surface area contributed by atoms with Crippen molar-refractivity contribution in [3.05, 3.63) is 218 Å². The van der Waals surface area contributed by atoms with Gasteiger partial charge in [0.05, 0.1) is 91.6 Å². The number of nitrogens with zero attached hydrogens (tertiary/aromatic N) is 7. The summed E-state index contributed by atoms with van der Waals surface area (Å²) in [4.78, 5) is 68.4. The van der Waals surface area contributed by atoms with Gasteiger partial charge < -0.3 is 40.7 Å². The number of halogens is 4. The van der Waals surface area contributed by atoms with Crippen LogP contribution in [0.4, 0.5) is 21.7 Å². The lowest BCUT2D eigenvalue weighted by Crippen LogP contribution is -2.24. The molecule has 1 aliphatic heterocycles. The highest BCUT2D eigenvalue weighted by atomic mass is 35.5. The molecule has 0 spiro atoms. The van der Waals surface area contributed by atoms with Gasteiger partial charge in [-0.05, 0) is 133 Å². The average molecular weight is 1670 g/mol. The zero-order valence-electron chi connectivity index (χ0n) is 57.7. The van der Waals surface area contributed by atoms with Crippen molar-refractivity contribution in [2.45, 2.75) is 101 Å². The Morgan fingerprint density at radius 3 is 1.76 bits per heavy atom. The Morgan fingerprint density at radius 2 is 1.17 bits per heavy atom. The molecule has 3 aromatic carbocycles. The number of rotatable bonds is 28. The normalized spacial score (nSPS) is 20.7. The Balaban J connectivity index is 0.000000162. The molecule has 39 heteroatoms. The number of benzene rings is 3. The zero-order chi connectivity index (χ0) is 78.1. The summed E-state index contributed by atoms with van der Waals surface area (Å²) in [5.74, 6) is -1.50. The number of carbonyl (C=O) groups excluding carboxylic acids is 3. The van der Waals surface area contributed by atoms with E-state index in [-0.39, 0.29) is 87.3 Å². The van der Waals surface area contributed by atoms with Crippen LogP contribution in [-0.2, 0) is 69.3 Å². The molecule has 12 N–H and O–H groups in total. The van der Waals surface area contributed by atoms with Crippen LogP contribution in [0.3, 0.4) is 0 Å². The van der Waals surface area contributed by atoms with Crippen LogP contribution in [0.1, 0.15) is 129 Å². The number of nitrogens with one attached hydrogen (secondary N) is 2. The number of carbonyl (C=O) groups is 3. The molecule has 0 radical (unpaired) electrons. The molecule has 580 valence electrons. The number of ether oxygens (including phenoxy) is 1. The minimum atomic E-state index is -4.12. The Bertz CT molecular complexity index is 5130. The minimum Gasteiger partial charge on any atom is -0.496 e. The van der Waals surface area contributed by atoms with Gasteiger partial charge in [-0.25, -0.2) is 49.7 Å². The number of aliphatic hydroxyl groups excluding tert-OH is 4. The lowest BCUT2D eigenvalue weighted by molar-refractivity contribution is 0.0998. The summed E-state index contributed by atoms with van der Waals surface area (Å²) in [6.45, 7) is 0.913. The van der Waals surface area contributed by atoms with Crippen LogP contribution >= 0.6 is 68.8 Å². The maximum absolute atomic E-state index is 14.3. The second kappa shape index (κ2) is 36.3. The summed E-state index contributed by atoms with van der Waals surface area (Å²) in [6.07, 6.45) is 8.90. The van der Waals surface area contributed by atoms with Gasteiger partial charge in [-0.1, -0.05) is 71.2 Å². The van der Waals surface area contributed by atoms with E-state index in [1.807, 2.05) is 23.6 Å². The van der Waals surface area contributed by atoms with E-state index in [0.29, 0.717) is 111 Å². The number of aromatic nitrogens is 6. The Kier molecular flexibility index (Phi) is 27.4. The van der Waals surface area contributed by atoms with Gasteiger partial charge in [-0.2, -0.15) is 25.3 Å². The molecule has 7 heterocycles. The number of nitrogens with two attached hydrogens (primary N) is 3. The van der Waals surface area contributed by atoms with E-state index >= 15 is 0 Å². The van der Waals surface area contributed by atoms with E-state index < -0.39 is 78.8 Å². The molecule has 29 nitrogen and oxygen atoms in total. The Labute approximate surface area is 653 Å². The van der Waals surface area contributed by atoms with E-state index in [2.05, 4.69) is 64.1 Å². The van der Waals surface area contributed by atoms with Gasteiger partial charge in [0.25, 0.3) is 0 Å². The van der Waals surface area contributed by atoms with Gasteiger partial charge in [-0.15, -0.1) is 34.0 Å². The van der Waals surface area contributed by atoms with Crippen molar-refractivity contribution >= 4 is 134 Å². The fraction of sp³-hybridized carbons (Fsp3) is 0.357. The molecule has 109 heavy (non-hydrogen) atoms. The van der Waals surface area contributed by atoms with Crippen molar-refractivity contribution < 1.29 is 81.7 Å². The summed E-state index contributed by atoms with van der Waals surface area (Å²) >= 11 is 22.1. The highest BCUT2D eigenvalue weighted by Gasteiger charge is 2.39. The van der Waals surface area contributed by atoms with Crippen LogP contribution < -0.4 is 35.7 Å². The molecule has 6 aromatic heterocycles. The number of aliphatic hydroxyl groups is 4. The number of fused-ring (bicyclic) bond motifs is 1. The fourth-order valence-corrected chi connectivity index (χ4v) is 18.0. The number of ketones is 3. The number of anilines is 3. The van der Waals surface area contributed by atoms with Gasteiger partial charge in [0, 0.05) is 89.8 Å². The molecule has 13 rings (SSSR count). The van der Waals surface area contributed by atoms with E-state index in [0.717, 1.165) is 41.1 Å². The SMILES string of the molecule is COc1ccccc1C(O)c1cc(C(=O)c2cncnc2N[C@@H]2C[C@H](COS(N)(=O)=O)[C@@H](O)C2)sc1Cl.NS(=O)(=O)OC[C@H]1C[C@@H](Cc2ncncc2C(=O)c2cc(Cc3cccc(Cl)c3F)cs2)C[C@@H]1O.NS(=O)(=O)OC[C@H]1C[C@@H](Nc2ncncc2C(=O)c2cc(CN3CCc4ccc(Cl)cc43)cs2)C[C@@H]1O. The largest absolute Gasteiger partial charge is 0.496 e. The Hall–Kier alpha value is -7.54. The summed E-state index contributed by atoms with van der Waals surface area (Å²) in [6, 6.07) is 22.3. The maximum Gasteiger partial charge on any atom is 0.333 e. The van der Waals surface area contributed by atoms with Gasteiger partial charge >= 0.3 is 30.9 Å². The molecule has 10 atom stereocenters. The maximum atomic E-state index is 14.3. The van der Waals surface area contributed by atoms with Crippen molar-refractivity contribution in [3.8, 4) is 5.75 Å². The zero-order valence-corrected chi connectivity index (χ0v) is 64.9. The molecule has 3 saturated carbocycles. The summed E-state index contributed by atoms with van der Waals surface area (Å²) in [7, 11) is -10.8. The molecule has 4 aliphatic rings. The molecule has 0 bridgehead atoms. The lowest BCUT2D eigenvalue weighted by atomic mass is 9.96. The van der Waals surface area contributed by atoms with Crippen molar-refractivity contribution in [1.29, 1.82) is 0 Å². The third-order valence-electron chi connectivity index (χ3n) is 18.8. The monoisotopic (exact) mass is 1670 g/mol. The fourth-order valence-electron chi connectivity index (χ4n) is 13.5. The summed E-state index contributed by atoms with van der Waals surface area (Å²) < 4.78 is 100.